The predicted octanol–water partition coefficient (Wildman–Crippen LogP) is 3.25. The van der Waals surface area contributed by atoms with Crippen molar-refractivity contribution >= 4 is 17.6 Å². The highest BCUT2D eigenvalue weighted by Crippen LogP contribution is 2.18. The van der Waals surface area contributed by atoms with E-state index in [4.69, 9.17) is 9.47 Å². The molecule has 5 nitrogen and oxygen atoms in total. The smallest absolute Gasteiger partial charge is 0.338 e. The number of nitrogens with one attached hydrogen (secondary N) is 1. The van der Waals surface area contributed by atoms with E-state index in [1.165, 1.54) is 19.2 Å². The third-order valence-electron chi connectivity index (χ3n) is 3.23. The summed E-state index contributed by atoms with van der Waals surface area (Å²) in [5, 5.41) is 2.65. The largest absolute Gasteiger partial charge is 0.494 e. The Hall–Kier alpha value is -2.89. The number of methoxy groups -OCH3 is 1. The Morgan fingerprint density at radius 3 is 2.33 bits per heavy atom. The van der Waals surface area contributed by atoms with E-state index in [-0.39, 0.29) is 11.3 Å². The summed E-state index contributed by atoms with van der Waals surface area (Å²) in [6, 6.07) is 9.29. The van der Waals surface area contributed by atoms with Crippen molar-refractivity contribution in [1.29, 1.82) is 0 Å². The van der Waals surface area contributed by atoms with Gasteiger partial charge in [-0.1, -0.05) is 6.07 Å². The molecule has 0 aliphatic rings. The molecule has 0 heterocycles. The molecule has 126 valence electrons. The van der Waals surface area contributed by atoms with Crippen LogP contribution < -0.4 is 10.1 Å². The zero-order valence-corrected chi connectivity index (χ0v) is 13.7. The van der Waals surface area contributed by atoms with E-state index in [0.717, 1.165) is 17.2 Å². The normalized spacial score (nSPS) is 10.2. The van der Waals surface area contributed by atoms with Crippen molar-refractivity contribution in [1.82, 2.24) is 0 Å². The number of benzene rings is 2. The number of hydrogen-bond donors (Lipinski definition) is 1. The fraction of sp³-hybridized carbons (Fsp3) is 0.222. The Morgan fingerprint density at radius 2 is 1.75 bits per heavy atom. The van der Waals surface area contributed by atoms with Crippen LogP contribution in [-0.4, -0.2) is 25.6 Å². The summed E-state index contributed by atoms with van der Waals surface area (Å²) in [4.78, 5) is 23.7. The van der Waals surface area contributed by atoms with Gasteiger partial charge < -0.3 is 14.8 Å². The van der Waals surface area contributed by atoms with Gasteiger partial charge in [-0.05, 0) is 55.3 Å². The van der Waals surface area contributed by atoms with Crippen molar-refractivity contribution < 1.29 is 23.5 Å². The molecule has 0 unspecified atom stereocenters. The highest BCUT2D eigenvalue weighted by Gasteiger charge is 2.13. The van der Waals surface area contributed by atoms with Crippen LogP contribution in [-0.2, 0) is 9.53 Å². The lowest BCUT2D eigenvalue weighted by atomic mass is 10.1. The topological polar surface area (TPSA) is 64.6 Å². The SMILES string of the molecule is COc1ccc(C(=O)OCC(=O)Nc2cc(C)cc(C)c2)cc1F. The maximum atomic E-state index is 13.6. The monoisotopic (exact) mass is 331 g/mol. The first kappa shape index (κ1) is 17.5. The molecule has 0 aliphatic carbocycles. The molecule has 0 aliphatic heterocycles. The third-order valence-corrected chi connectivity index (χ3v) is 3.23. The van der Waals surface area contributed by atoms with Crippen LogP contribution in [0.2, 0.25) is 0 Å². The first-order chi connectivity index (χ1) is 11.4. The number of halogens is 1. The first-order valence-corrected chi connectivity index (χ1v) is 7.28. The van der Waals surface area contributed by atoms with Gasteiger partial charge in [0.1, 0.15) is 0 Å². The highest BCUT2D eigenvalue weighted by atomic mass is 19.1. The van der Waals surface area contributed by atoms with E-state index in [1.807, 2.05) is 32.0 Å². The molecule has 1 N–H and O–H groups in total. The van der Waals surface area contributed by atoms with Gasteiger partial charge in [0.15, 0.2) is 18.2 Å². The second-order valence-electron chi connectivity index (χ2n) is 5.35. The molecule has 0 saturated heterocycles. The van der Waals surface area contributed by atoms with Gasteiger partial charge in [-0.2, -0.15) is 0 Å². The number of amides is 1. The molecule has 0 saturated carbocycles. The van der Waals surface area contributed by atoms with Crippen molar-refractivity contribution in [2.24, 2.45) is 0 Å². The van der Waals surface area contributed by atoms with E-state index in [2.05, 4.69) is 5.32 Å². The molecule has 2 aromatic rings. The van der Waals surface area contributed by atoms with Crippen LogP contribution in [0, 0.1) is 19.7 Å². The van der Waals surface area contributed by atoms with E-state index in [0.29, 0.717) is 5.69 Å². The number of anilines is 1. The molecule has 0 fully saturated rings. The lowest BCUT2D eigenvalue weighted by Gasteiger charge is -2.09. The average molecular weight is 331 g/mol. The summed E-state index contributed by atoms with van der Waals surface area (Å²) in [6.07, 6.45) is 0. The summed E-state index contributed by atoms with van der Waals surface area (Å²) in [5.74, 6) is -1.90. The predicted molar refractivity (Wildman–Crippen MR) is 87.8 cm³/mol. The molecule has 0 atom stereocenters. The Morgan fingerprint density at radius 1 is 1.08 bits per heavy atom. The van der Waals surface area contributed by atoms with Crippen molar-refractivity contribution in [2.75, 3.05) is 19.0 Å². The van der Waals surface area contributed by atoms with E-state index in [9.17, 15) is 14.0 Å². The highest BCUT2D eigenvalue weighted by molar-refractivity contribution is 5.95. The van der Waals surface area contributed by atoms with Gasteiger partial charge in [-0.25, -0.2) is 9.18 Å². The molecule has 2 rings (SSSR count). The number of esters is 1. The van der Waals surface area contributed by atoms with Crippen LogP contribution in [0.5, 0.6) is 5.75 Å². The number of carbonyl (C=O) groups is 2. The lowest BCUT2D eigenvalue weighted by Crippen LogP contribution is -2.21. The Bertz CT molecular complexity index is 753. The van der Waals surface area contributed by atoms with E-state index < -0.39 is 24.3 Å². The Labute approximate surface area is 139 Å². The minimum Gasteiger partial charge on any atom is -0.494 e. The minimum absolute atomic E-state index is 0.00694. The Kier molecular flexibility index (Phi) is 5.52. The molecule has 0 spiro atoms. The summed E-state index contributed by atoms with van der Waals surface area (Å²) in [7, 11) is 1.33. The Balaban J connectivity index is 1.93. The summed E-state index contributed by atoms with van der Waals surface area (Å²) in [5.41, 5.74) is 2.66. The number of carbonyl (C=O) groups excluding carboxylic acids is 2. The third kappa shape index (κ3) is 4.55. The standard InChI is InChI=1S/C18H18FNO4/c1-11-6-12(2)8-14(7-11)20-17(21)10-24-18(22)13-4-5-16(23-3)15(19)9-13/h4-9H,10H2,1-3H3,(H,20,21). The molecule has 24 heavy (non-hydrogen) atoms. The molecule has 0 bridgehead atoms. The zero-order valence-electron chi connectivity index (χ0n) is 13.7. The maximum absolute atomic E-state index is 13.6. The van der Waals surface area contributed by atoms with Gasteiger partial charge in [-0.3, -0.25) is 4.79 Å². The van der Waals surface area contributed by atoms with Gasteiger partial charge >= 0.3 is 5.97 Å². The van der Waals surface area contributed by atoms with Crippen LogP contribution in [0.1, 0.15) is 21.5 Å². The number of aryl methyl sites for hydroxylation is 2. The fourth-order valence-corrected chi connectivity index (χ4v) is 2.25. The van der Waals surface area contributed by atoms with Crippen LogP contribution in [0.3, 0.4) is 0 Å². The molecular weight excluding hydrogens is 313 g/mol. The van der Waals surface area contributed by atoms with Crippen LogP contribution in [0.15, 0.2) is 36.4 Å². The maximum Gasteiger partial charge on any atom is 0.338 e. The summed E-state index contributed by atoms with van der Waals surface area (Å²) < 4.78 is 23.2. The quantitative estimate of drug-likeness (QED) is 0.854. The van der Waals surface area contributed by atoms with Crippen molar-refractivity contribution in [2.45, 2.75) is 13.8 Å². The van der Waals surface area contributed by atoms with Gasteiger partial charge in [0.25, 0.3) is 5.91 Å². The molecule has 1 amide bonds. The summed E-state index contributed by atoms with van der Waals surface area (Å²) in [6.45, 7) is 3.38. The molecule has 6 heteroatoms. The van der Waals surface area contributed by atoms with E-state index in [1.54, 1.807) is 0 Å². The number of hydrogen-bond acceptors (Lipinski definition) is 4. The molecular formula is C18H18FNO4. The minimum atomic E-state index is -0.785. The van der Waals surface area contributed by atoms with Crippen molar-refractivity contribution in [3.8, 4) is 5.75 Å². The van der Waals surface area contributed by atoms with Crippen molar-refractivity contribution in [3.63, 3.8) is 0 Å². The zero-order chi connectivity index (χ0) is 17.7. The lowest BCUT2D eigenvalue weighted by molar-refractivity contribution is -0.119. The fourth-order valence-electron chi connectivity index (χ4n) is 2.25. The number of rotatable bonds is 5. The second kappa shape index (κ2) is 7.59. The second-order valence-corrected chi connectivity index (χ2v) is 5.35. The van der Waals surface area contributed by atoms with Gasteiger partial charge in [0, 0.05) is 5.69 Å². The van der Waals surface area contributed by atoms with Gasteiger partial charge in [0.2, 0.25) is 0 Å². The summed E-state index contributed by atoms with van der Waals surface area (Å²) >= 11 is 0. The molecule has 0 radical (unpaired) electrons. The first-order valence-electron chi connectivity index (χ1n) is 7.28. The van der Waals surface area contributed by atoms with Crippen LogP contribution >= 0.6 is 0 Å². The number of ether oxygens (including phenoxy) is 2. The van der Waals surface area contributed by atoms with Gasteiger partial charge in [-0.15, -0.1) is 0 Å². The van der Waals surface area contributed by atoms with Crippen LogP contribution in [0.25, 0.3) is 0 Å². The average Bonchev–Trinajstić information content (AvgIpc) is 2.51. The van der Waals surface area contributed by atoms with Gasteiger partial charge in [0.05, 0.1) is 12.7 Å². The molecule has 0 aromatic heterocycles. The molecule has 2 aromatic carbocycles. The van der Waals surface area contributed by atoms with Crippen LogP contribution in [0.4, 0.5) is 10.1 Å². The van der Waals surface area contributed by atoms with E-state index >= 15 is 0 Å². The van der Waals surface area contributed by atoms with Crippen molar-refractivity contribution in [3.05, 3.63) is 58.9 Å².